The topological polar surface area (TPSA) is 54.7 Å². The fraction of sp³-hybridized carbons (Fsp3) is 0.312. The number of aromatic nitrogens is 2. The molecule has 2 bridgehead atoms. The van der Waals surface area contributed by atoms with Crippen molar-refractivity contribution in [2.75, 3.05) is 0 Å². The molecule has 1 aromatic carbocycles. The van der Waals surface area contributed by atoms with E-state index >= 15 is 0 Å². The molecular weight excluding hydrogens is 234 g/mol. The van der Waals surface area contributed by atoms with Gasteiger partial charge in [-0.2, -0.15) is 0 Å². The molecule has 2 heterocycles. The quantitative estimate of drug-likeness (QED) is 0.707. The molecule has 3 nitrogen and oxygen atoms in total. The smallest absolute Gasteiger partial charge is 0.123 e. The largest absolute Gasteiger partial charge is 0.341 e. The number of allylic oxidation sites excluding steroid dienone is 1. The molecule has 0 fully saturated rings. The zero-order valence-corrected chi connectivity index (χ0v) is 11.0. The van der Waals surface area contributed by atoms with Crippen LogP contribution in [0.1, 0.15) is 36.7 Å². The average Bonchev–Trinajstić information content (AvgIpc) is 2.91. The first-order chi connectivity index (χ1) is 9.34. The highest BCUT2D eigenvalue weighted by molar-refractivity contribution is 5.63. The third kappa shape index (κ3) is 2.61. The van der Waals surface area contributed by atoms with E-state index in [1.807, 2.05) is 6.20 Å². The van der Waals surface area contributed by atoms with Crippen LogP contribution in [0.4, 0.5) is 0 Å². The molecule has 1 aromatic heterocycles. The number of aromatic amines is 1. The van der Waals surface area contributed by atoms with Crippen molar-refractivity contribution in [3.05, 3.63) is 54.0 Å². The lowest BCUT2D eigenvalue weighted by atomic mass is 9.99. The van der Waals surface area contributed by atoms with Gasteiger partial charge >= 0.3 is 0 Å². The predicted octanol–water partition coefficient (Wildman–Crippen LogP) is 3.36. The lowest BCUT2D eigenvalue weighted by Crippen LogP contribution is -2.11. The molecule has 3 rings (SSSR count). The summed E-state index contributed by atoms with van der Waals surface area (Å²) in [6.45, 7) is 0. The van der Waals surface area contributed by atoms with Crippen LogP contribution < -0.4 is 5.73 Å². The predicted molar refractivity (Wildman–Crippen MR) is 77.6 cm³/mol. The summed E-state index contributed by atoms with van der Waals surface area (Å²) in [6.07, 6.45) is 10.5. The van der Waals surface area contributed by atoms with Crippen molar-refractivity contribution >= 4 is 0 Å². The van der Waals surface area contributed by atoms with Crippen LogP contribution in [-0.4, -0.2) is 9.97 Å². The number of hydrogen-bond donors (Lipinski definition) is 2. The van der Waals surface area contributed by atoms with Gasteiger partial charge in [0.05, 0.1) is 17.9 Å². The Labute approximate surface area is 113 Å². The SMILES string of the molecule is N[C@H]1CC=CCCCc2ccccc2-c2cnc1[nH]2. The van der Waals surface area contributed by atoms with Crippen molar-refractivity contribution in [3.8, 4) is 11.3 Å². The molecule has 0 spiro atoms. The van der Waals surface area contributed by atoms with Crippen molar-refractivity contribution in [1.82, 2.24) is 9.97 Å². The van der Waals surface area contributed by atoms with Crippen LogP contribution in [0.3, 0.4) is 0 Å². The Morgan fingerprint density at radius 3 is 3.05 bits per heavy atom. The summed E-state index contributed by atoms with van der Waals surface area (Å²) in [7, 11) is 0. The first-order valence-electron chi connectivity index (χ1n) is 6.88. The standard InChI is InChI=1S/C16H19N3/c17-14-10-4-2-1-3-7-12-8-5-6-9-13(12)15-11-18-16(14)19-15/h2,4-6,8-9,11,14H,1,3,7,10,17H2,(H,18,19)/t14-/m0/s1. The minimum Gasteiger partial charge on any atom is -0.341 e. The van der Waals surface area contributed by atoms with Crippen LogP contribution >= 0.6 is 0 Å². The average molecular weight is 253 g/mol. The summed E-state index contributed by atoms with van der Waals surface area (Å²) < 4.78 is 0. The van der Waals surface area contributed by atoms with Crippen molar-refractivity contribution < 1.29 is 0 Å². The van der Waals surface area contributed by atoms with Gasteiger partial charge in [-0.3, -0.25) is 0 Å². The highest BCUT2D eigenvalue weighted by Crippen LogP contribution is 2.25. The van der Waals surface area contributed by atoms with E-state index in [4.69, 9.17) is 5.73 Å². The van der Waals surface area contributed by atoms with Crippen LogP contribution in [0.15, 0.2) is 42.6 Å². The van der Waals surface area contributed by atoms with Gasteiger partial charge in [0.1, 0.15) is 5.82 Å². The van der Waals surface area contributed by atoms with Gasteiger partial charge in [0.2, 0.25) is 0 Å². The summed E-state index contributed by atoms with van der Waals surface area (Å²) in [5, 5.41) is 0. The summed E-state index contributed by atoms with van der Waals surface area (Å²) in [5.74, 6) is 0.870. The number of fused-ring (bicyclic) bond motifs is 4. The first-order valence-corrected chi connectivity index (χ1v) is 6.88. The van der Waals surface area contributed by atoms with E-state index in [0.29, 0.717) is 0 Å². The summed E-state index contributed by atoms with van der Waals surface area (Å²) in [6, 6.07) is 8.48. The number of hydrogen-bond acceptors (Lipinski definition) is 2. The molecule has 0 aliphatic carbocycles. The van der Waals surface area contributed by atoms with E-state index in [-0.39, 0.29) is 6.04 Å². The molecule has 0 amide bonds. The Morgan fingerprint density at radius 1 is 1.21 bits per heavy atom. The molecule has 19 heavy (non-hydrogen) atoms. The third-order valence-electron chi connectivity index (χ3n) is 3.63. The Kier molecular flexibility index (Phi) is 3.47. The Bertz CT molecular complexity index is 583. The molecule has 0 radical (unpaired) electrons. The van der Waals surface area contributed by atoms with Gasteiger partial charge in [-0.05, 0) is 31.2 Å². The van der Waals surface area contributed by atoms with Crippen LogP contribution in [0.5, 0.6) is 0 Å². The van der Waals surface area contributed by atoms with E-state index < -0.39 is 0 Å². The fourth-order valence-electron chi connectivity index (χ4n) is 2.55. The van der Waals surface area contributed by atoms with E-state index in [1.165, 1.54) is 17.5 Å². The molecule has 0 saturated heterocycles. The van der Waals surface area contributed by atoms with E-state index in [9.17, 15) is 0 Å². The zero-order chi connectivity index (χ0) is 13.1. The lowest BCUT2D eigenvalue weighted by Gasteiger charge is -2.09. The van der Waals surface area contributed by atoms with E-state index in [0.717, 1.165) is 30.8 Å². The molecule has 0 unspecified atom stereocenters. The molecular formula is C16H19N3. The highest BCUT2D eigenvalue weighted by Gasteiger charge is 2.12. The van der Waals surface area contributed by atoms with E-state index in [1.54, 1.807) is 0 Å². The minimum atomic E-state index is -0.0448. The van der Waals surface area contributed by atoms with Gasteiger partial charge in [0.25, 0.3) is 0 Å². The number of nitrogens with two attached hydrogens (primary N) is 1. The second kappa shape index (κ2) is 5.41. The number of rotatable bonds is 0. The third-order valence-corrected chi connectivity index (χ3v) is 3.63. The number of aryl methyl sites for hydroxylation is 1. The van der Waals surface area contributed by atoms with Crippen LogP contribution in [0.2, 0.25) is 0 Å². The Morgan fingerprint density at radius 2 is 2.11 bits per heavy atom. The molecule has 1 aliphatic rings. The maximum absolute atomic E-state index is 6.14. The zero-order valence-electron chi connectivity index (χ0n) is 11.0. The second-order valence-corrected chi connectivity index (χ2v) is 5.05. The monoisotopic (exact) mass is 253 g/mol. The number of nitrogens with zero attached hydrogens (tertiary/aromatic N) is 1. The van der Waals surface area contributed by atoms with Crippen LogP contribution in [-0.2, 0) is 6.42 Å². The molecule has 3 N–H and O–H groups in total. The number of H-pyrrole nitrogens is 1. The number of benzene rings is 1. The van der Waals surface area contributed by atoms with Crippen molar-refractivity contribution in [3.63, 3.8) is 0 Å². The molecule has 1 atom stereocenters. The van der Waals surface area contributed by atoms with Gasteiger partial charge in [0, 0.05) is 5.56 Å². The summed E-state index contributed by atoms with van der Waals surface area (Å²) in [5.41, 5.74) is 9.84. The Hall–Kier alpha value is -1.87. The first kappa shape index (κ1) is 12.2. The van der Waals surface area contributed by atoms with Gasteiger partial charge in [-0.1, -0.05) is 36.4 Å². The second-order valence-electron chi connectivity index (χ2n) is 5.05. The minimum absolute atomic E-state index is 0.0448. The number of nitrogens with one attached hydrogen (secondary N) is 1. The van der Waals surface area contributed by atoms with Crippen molar-refractivity contribution in [2.45, 2.75) is 31.7 Å². The molecule has 1 aliphatic heterocycles. The Balaban J connectivity index is 2.04. The molecule has 2 aromatic rings. The molecule has 3 heteroatoms. The van der Waals surface area contributed by atoms with Crippen molar-refractivity contribution in [1.29, 1.82) is 0 Å². The lowest BCUT2D eigenvalue weighted by molar-refractivity contribution is 0.690. The van der Waals surface area contributed by atoms with Gasteiger partial charge in [0.15, 0.2) is 0 Å². The normalized spacial score (nSPS) is 19.3. The van der Waals surface area contributed by atoms with Gasteiger partial charge in [-0.15, -0.1) is 0 Å². The fourth-order valence-corrected chi connectivity index (χ4v) is 2.55. The molecule has 0 saturated carbocycles. The van der Waals surface area contributed by atoms with Crippen LogP contribution in [0, 0.1) is 0 Å². The highest BCUT2D eigenvalue weighted by atomic mass is 15.0. The van der Waals surface area contributed by atoms with Crippen LogP contribution in [0.25, 0.3) is 11.3 Å². The summed E-state index contributed by atoms with van der Waals surface area (Å²) in [4.78, 5) is 7.79. The summed E-state index contributed by atoms with van der Waals surface area (Å²) >= 11 is 0. The number of imidazole rings is 1. The van der Waals surface area contributed by atoms with Gasteiger partial charge in [-0.25, -0.2) is 4.98 Å². The van der Waals surface area contributed by atoms with Crippen molar-refractivity contribution in [2.24, 2.45) is 5.73 Å². The van der Waals surface area contributed by atoms with E-state index in [2.05, 4.69) is 46.4 Å². The maximum atomic E-state index is 6.14. The molecule has 98 valence electrons. The maximum Gasteiger partial charge on any atom is 0.123 e. The van der Waals surface area contributed by atoms with Gasteiger partial charge < -0.3 is 10.7 Å².